The van der Waals surface area contributed by atoms with E-state index in [-0.39, 0.29) is 17.7 Å². The number of carbonyl (C=O) groups excluding carboxylic acids is 3. The fourth-order valence-electron chi connectivity index (χ4n) is 8.05. The van der Waals surface area contributed by atoms with E-state index < -0.39 is 0 Å². The van der Waals surface area contributed by atoms with E-state index in [2.05, 4.69) is 114 Å². The van der Waals surface area contributed by atoms with Gasteiger partial charge in [-0.25, -0.2) is 0 Å². The molecule has 0 spiro atoms. The molecule has 4 aromatic rings. The summed E-state index contributed by atoms with van der Waals surface area (Å²) < 4.78 is 0. The summed E-state index contributed by atoms with van der Waals surface area (Å²) in [7, 11) is 0. The summed E-state index contributed by atoms with van der Waals surface area (Å²) in [5.74, 6) is 23.4. The molecule has 0 unspecified atom stereocenters. The second-order valence-electron chi connectivity index (χ2n) is 20.7. The predicted octanol–water partition coefficient (Wildman–Crippen LogP) is 13.6. The lowest BCUT2D eigenvalue weighted by Crippen LogP contribution is -2.25. The SMILES string of the molecule is CC(C)CCC[C@H](C)CCNC(=O)c1ccc(C#Cc2cc(C#Cc3ccc(C(=O)NCC[C@@H](C)CCCC(C)C)cc3)cc(C#Cc3ccc(C(=O)NCC[C@@H](C)CCCC(C)C)cc3)c2)cc1. The Bertz CT molecular complexity index is 2110. The Kier molecular flexibility index (Phi) is 24.5. The van der Waals surface area contributed by atoms with Crippen molar-refractivity contribution in [3.05, 3.63) is 141 Å². The van der Waals surface area contributed by atoms with Gasteiger partial charge in [-0.3, -0.25) is 14.4 Å². The van der Waals surface area contributed by atoms with E-state index in [0.29, 0.717) is 54.1 Å². The molecule has 0 saturated carbocycles. The maximum atomic E-state index is 12.9. The van der Waals surface area contributed by atoms with Crippen molar-refractivity contribution in [3.8, 4) is 35.5 Å². The zero-order valence-corrected chi connectivity index (χ0v) is 43.5. The number of hydrogen-bond donors (Lipinski definition) is 3. The highest BCUT2D eigenvalue weighted by Crippen LogP contribution is 2.18. The van der Waals surface area contributed by atoms with Crippen molar-refractivity contribution in [1.29, 1.82) is 0 Å². The number of carbonyl (C=O) groups is 3. The first kappa shape index (κ1) is 55.6. The Morgan fingerprint density at radius 2 is 0.565 bits per heavy atom. The Morgan fingerprint density at radius 1 is 0.333 bits per heavy atom. The Hall–Kier alpha value is -6.03. The van der Waals surface area contributed by atoms with Gasteiger partial charge in [-0.1, -0.05) is 156 Å². The van der Waals surface area contributed by atoms with Crippen LogP contribution in [0.15, 0.2) is 91.0 Å². The zero-order chi connectivity index (χ0) is 50.0. The van der Waals surface area contributed by atoms with E-state index in [1.165, 1.54) is 57.8 Å². The highest BCUT2D eigenvalue weighted by molar-refractivity contribution is 5.95. The maximum absolute atomic E-state index is 12.9. The molecule has 0 aliphatic carbocycles. The monoisotopic (exact) mass is 928 g/mol. The van der Waals surface area contributed by atoms with Gasteiger partial charge in [-0.15, -0.1) is 0 Å². The van der Waals surface area contributed by atoms with E-state index in [4.69, 9.17) is 0 Å². The number of benzene rings is 4. The third-order valence-electron chi connectivity index (χ3n) is 12.6. The summed E-state index contributed by atoms with van der Waals surface area (Å²) in [6, 6.07) is 28.0. The first-order valence-corrected chi connectivity index (χ1v) is 26.0. The minimum absolute atomic E-state index is 0.0740. The molecule has 3 amide bonds. The van der Waals surface area contributed by atoms with E-state index >= 15 is 0 Å². The first-order chi connectivity index (χ1) is 33.1. The third-order valence-corrected chi connectivity index (χ3v) is 12.6. The Balaban J connectivity index is 1.45. The minimum atomic E-state index is -0.0740. The molecule has 6 heteroatoms. The first-order valence-electron chi connectivity index (χ1n) is 26.0. The van der Waals surface area contributed by atoms with E-state index in [1.807, 2.05) is 91.0 Å². The number of rotatable bonds is 24. The summed E-state index contributed by atoms with van der Waals surface area (Å²) in [5, 5.41) is 9.24. The fourth-order valence-corrected chi connectivity index (χ4v) is 8.05. The largest absolute Gasteiger partial charge is 0.352 e. The van der Waals surface area contributed by atoms with E-state index in [9.17, 15) is 14.4 Å². The van der Waals surface area contributed by atoms with Crippen LogP contribution in [0, 0.1) is 71.0 Å². The lowest BCUT2D eigenvalue weighted by Gasteiger charge is -2.13. The van der Waals surface area contributed by atoms with Gasteiger partial charge in [-0.05, 0) is 146 Å². The van der Waals surface area contributed by atoms with Gasteiger partial charge in [-0.2, -0.15) is 0 Å². The molecular formula is C63H81N3O3. The number of nitrogens with one attached hydrogen (secondary N) is 3. The number of hydrogen-bond acceptors (Lipinski definition) is 3. The van der Waals surface area contributed by atoms with E-state index in [0.717, 1.165) is 70.4 Å². The lowest BCUT2D eigenvalue weighted by molar-refractivity contribution is 0.0943. The Labute approximate surface area is 417 Å². The molecule has 3 N–H and O–H groups in total. The molecule has 0 fully saturated rings. The van der Waals surface area contributed by atoms with Crippen LogP contribution in [0.2, 0.25) is 0 Å². The van der Waals surface area contributed by atoms with Crippen LogP contribution in [0.1, 0.15) is 204 Å². The molecule has 0 bridgehead atoms. The minimum Gasteiger partial charge on any atom is -0.352 e. The topological polar surface area (TPSA) is 87.3 Å². The third kappa shape index (κ3) is 22.8. The molecule has 0 radical (unpaired) electrons. The smallest absolute Gasteiger partial charge is 0.251 e. The molecule has 0 heterocycles. The number of amides is 3. The normalized spacial score (nSPS) is 12.2. The van der Waals surface area contributed by atoms with Gasteiger partial charge in [0.2, 0.25) is 0 Å². The summed E-state index contributed by atoms with van der Waals surface area (Å²) in [5.41, 5.74) is 6.44. The molecule has 6 nitrogen and oxygen atoms in total. The van der Waals surface area contributed by atoms with Crippen LogP contribution in [0.4, 0.5) is 0 Å². The van der Waals surface area contributed by atoms with Crippen molar-refractivity contribution in [1.82, 2.24) is 16.0 Å². The van der Waals surface area contributed by atoms with Crippen molar-refractivity contribution in [2.24, 2.45) is 35.5 Å². The molecular weight excluding hydrogens is 847 g/mol. The lowest BCUT2D eigenvalue weighted by atomic mass is 9.97. The highest BCUT2D eigenvalue weighted by atomic mass is 16.2. The highest BCUT2D eigenvalue weighted by Gasteiger charge is 2.11. The molecule has 3 atom stereocenters. The van der Waals surface area contributed by atoms with Crippen LogP contribution in [0.25, 0.3) is 0 Å². The molecule has 4 aromatic carbocycles. The van der Waals surface area contributed by atoms with Gasteiger partial charge in [0.25, 0.3) is 17.7 Å². The predicted molar refractivity (Wildman–Crippen MR) is 288 cm³/mol. The van der Waals surface area contributed by atoms with Crippen molar-refractivity contribution in [2.45, 2.75) is 139 Å². The van der Waals surface area contributed by atoms with Crippen LogP contribution in [-0.4, -0.2) is 37.4 Å². The van der Waals surface area contributed by atoms with Crippen molar-refractivity contribution in [3.63, 3.8) is 0 Å². The van der Waals surface area contributed by atoms with Gasteiger partial charge in [0.15, 0.2) is 0 Å². The zero-order valence-electron chi connectivity index (χ0n) is 43.5. The van der Waals surface area contributed by atoms with Crippen LogP contribution in [0.5, 0.6) is 0 Å². The van der Waals surface area contributed by atoms with Crippen LogP contribution < -0.4 is 16.0 Å². The quantitative estimate of drug-likeness (QED) is 0.0612. The second kappa shape index (κ2) is 30.5. The molecule has 0 saturated heterocycles. The van der Waals surface area contributed by atoms with Gasteiger partial charge in [0.1, 0.15) is 0 Å². The van der Waals surface area contributed by atoms with Crippen LogP contribution >= 0.6 is 0 Å². The van der Waals surface area contributed by atoms with Gasteiger partial charge >= 0.3 is 0 Å². The fraction of sp³-hybridized carbons (Fsp3) is 0.476. The van der Waals surface area contributed by atoms with Crippen LogP contribution in [0.3, 0.4) is 0 Å². The maximum Gasteiger partial charge on any atom is 0.251 e. The molecule has 4 rings (SSSR count). The average Bonchev–Trinajstić information content (AvgIpc) is 3.32. The average molecular weight is 928 g/mol. The summed E-state index contributed by atoms with van der Waals surface area (Å²) in [6.07, 6.45) is 13.9. The molecule has 0 aromatic heterocycles. The second-order valence-corrected chi connectivity index (χ2v) is 20.7. The van der Waals surface area contributed by atoms with Gasteiger partial charge in [0, 0.05) is 69.7 Å². The molecule has 366 valence electrons. The van der Waals surface area contributed by atoms with Gasteiger partial charge in [0.05, 0.1) is 0 Å². The van der Waals surface area contributed by atoms with Crippen molar-refractivity contribution >= 4 is 17.7 Å². The molecule has 0 aliphatic heterocycles. The summed E-state index contributed by atoms with van der Waals surface area (Å²) >= 11 is 0. The summed E-state index contributed by atoms with van der Waals surface area (Å²) in [4.78, 5) is 38.7. The van der Waals surface area contributed by atoms with Crippen molar-refractivity contribution < 1.29 is 14.4 Å². The summed E-state index contributed by atoms with van der Waals surface area (Å²) in [6.45, 7) is 22.3. The van der Waals surface area contributed by atoms with Crippen molar-refractivity contribution in [2.75, 3.05) is 19.6 Å². The van der Waals surface area contributed by atoms with Crippen LogP contribution in [-0.2, 0) is 0 Å². The molecule has 69 heavy (non-hydrogen) atoms. The standard InChI is InChI=1S/C63H81N3O3/c1-46(2)13-10-16-49(7)37-40-64-61(67)58-31-25-52(26-32-58)19-22-55-43-56(23-20-53-27-33-59(34-28-53)62(68)65-41-38-50(8)17-11-14-47(3)4)45-57(44-55)24-21-54-29-35-60(36-30-54)63(69)66-42-39-51(9)18-12-15-48(5)6/h25-36,43-51H,10-18,37-42H2,1-9H3,(H,64,67)(H,65,68)(H,66,69)/t49-,50-,51-/m0/s1. The Morgan fingerprint density at radius 3 is 0.797 bits per heavy atom. The van der Waals surface area contributed by atoms with E-state index in [1.54, 1.807) is 0 Å². The van der Waals surface area contributed by atoms with Gasteiger partial charge < -0.3 is 16.0 Å². The molecule has 0 aliphatic rings.